The minimum Gasteiger partial charge on any atom is -0.377 e. The van der Waals surface area contributed by atoms with E-state index in [-0.39, 0.29) is 10.9 Å². The molecule has 1 saturated heterocycles. The summed E-state index contributed by atoms with van der Waals surface area (Å²) in [6, 6.07) is 9.48. The smallest absolute Gasteiger partial charge is 0.324 e. The number of sulfone groups is 1. The molecule has 1 aliphatic heterocycles. The van der Waals surface area contributed by atoms with Crippen LogP contribution in [-0.2, 0) is 26.4 Å². The number of rotatable bonds is 7. The highest BCUT2D eigenvalue weighted by Gasteiger charge is 2.58. The van der Waals surface area contributed by atoms with Crippen LogP contribution < -0.4 is 15.5 Å². The Morgan fingerprint density at radius 1 is 1.10 bits per heavy atom. The molecule has 2 N–H and O–H groups in total. The number of nitrogens with one attached hydrogen (secondary N) is 2. The number of halogens is 1. The molecule has 2 fully saturated rings. The lowest BCUT2D eigenvalue weighted by Gasteiger charge is -2.34. The Bertz CT molecular complexity index is 1720. The van der Waals surface area contributed by atoms with E-state index in [1.165, 1.54) is 24.5 Å². The summed E-state index contributed by atoms with van der Waals surface area (Å²) >= 11 is 0. The standard InChI is InChI=1S/C28H29FN8O4S/c1-18-17-41-12-11-37(18)25-13-23(28(9-10-28)42(39,40)22-6-4-20(29)5-7-22)33-26(35-25)19-3-8-24(30-14-19)34-27(38)32-21-15-31-36(2)16-21/h3-8,13-16,18H,9-12,17H2,1-2H3,(H2,30,32,34,38)/t18-/m0/s1. The number of anilines is 3. The highest BCUT2D eigenvalue weighted by molar-refractivity contribution is 7.92. The van der Waals surface area contributed by atoms with Gasteiger partial charge in [0.05, 0.1) is 41.7 Å². The lowest BCUT2D eigenvalue weighted by atomic mass is 10.2. The Balaban J connectivity index is 1.33. The zero-order chi connectivity index (χ0) is 29.5. The fraction of sp³-hybridized carbons (Fsp3) is 0.321. The van der Waals surface area contributed by atoms with Crippen molar-refractivity contribution in [3.63, 3.8) is 0 Å². The largest absolute Gasteiger partial charge is 0.377 e. The zero-order valence-electron chi connectivity index (χ0n) is 23.0. The molecule has 4 heterocycles. The van der Waals surface area contributed by atoms with Crippen LogP contribution in [0.3, 0.4) is 0 Å². The number of pyridine rings is 1. The summed E-state index contributed by atoms with van der Waals surface area (Å²) in [6.45, 7) is 3.63. The molecular weight excluding hydrogens is 563 g/mol. The molecule has 1 aromatic carbocycles. The number of nitrogens with zero attached hydrogens (tertiary/aromatic N) is 6. The van der Waals surface area contributed by atoms with Crippen LogP contribution in [0.2, 0.25) is 0 Å². The van der Waals surface area contributed by atoms with E-state index in [2.05, 4.69) is 25.6 Å². The third-order valence-corrected chi connectivity index (χ3v) is 9.95. The van der Waals surface area contributed by atoms with Crippen LogP contribution in [-0.4, -0.2) is 65.0 Å². The minimum absolute atomic E-state index is 0.0150. The monoisotopic (exact) mass is 592 g/mol. The third-order valence-electron chi connectivity index (χ3n) is 7.41. The van der Waals surface area contributed by atoms with Crippen LogP contribution in [0.4, 0.5) is 26.5 Å². The van der Waals surface area contributed by atoms with Crippen molar-refractivity contribution in [3.05, 3.63) is 72.6 Å². The van der Waals surface area contributed by atoms with Crippen molar-refractivity contribution in [2.24, 2.45) is 7.05 Å². The van der Waals surface area contributed by atoms with Crippen LogP contribution >= 0.6 is 0 Å². The number of hydrogen-bond donors (Lipinski definition) is 2. The van der Waals surface area contributed by atoms with Crippen LogP contribution in [0.1, 0.15) is 25.5 Å². The number of urea groups is 1. The molecular formula is C28H29FN8O4S. The van der Waals surface area contributed by atoms with E-state index in [0.29, 0.717) is 67.0 Å². The Kier molecular flexibility index (Phi) is 7.10. The van der Waals surface area contributed by atoms with Crippen molar-refractivity contribution in [2.75, 3.05) is 35.3 Å². The molecule has 42 heavy (non-hydrogen) atoms. The van der Waals surface area contributed by atoms with Crippen molar-refractivity contribution in [3.8, 4) is 11.4 Å². The van der Waals surface area contributed by atoms with Crippen molar-refractivity contribution < 1.29 is 22.3 Å². The average molecular weight is 593 g/mol. The van der Waals surface area contributed by atoms with E-state index in [1.807, 2.05) is 6.92 Å². The van der Waals surface area contributed by atoms with Crippen LogP contribution in [0.15, 0.2) is 66.0 Å². The molecule has 1 atom stereocenters. The minimum atomic E-state index is -3.88. The lowest BCUT2D eigenvalue weighted by molar-refractivity contribution is 0.0985. The van der Waals surface area contributed by atoms with Crippen LogP contribution in [0.5, 0.6) is 0 Å². The van der Waals surface area contributed by atoms with Gasteiger partial charge >= 0.3 is 6.03 Å². The highest BCUT2D eigenvalue weighted by Crippen LogP contribution is 2.55. The quantitative estimate of drug-likeness (QED) is 0.307. The number of amides is 2. The molecule has 0 spiro atoms. The van der Waals surface area contributed by atoms with Gasteiger partial charge in [0, 0.05) is 37.6 Å². The summed E-state index contributed by atoms with van der Waals surface area (Å²) in [7, 11) is -2.13. The first-order chi connectivity index (χ1) is 20.1. The van der Waals surface area contributed by atoms with E-state index >= 15 is 0 Å². The van der Waals surface area contributed by atoms with Crippen molar-refractivity contribution in [1.82, 2.24) is 24.7 Å². The summed E-state index contributed by atoms with van der Waals surface area (Å²) in [5.74, 6) is 0.688. The van der Waals surface area contributed by atoms with E-state index in [1.54, 1.807) is 36.1 Å². The topological polar surface area (TPSA) is 144 Å². The Morgan fingerprint density at radius 3 is 2.52 bits per heavy atom. The van der Waals surface area contributed by atoms with Gasteiger partial charge in [0.2, 0.25) is 0 Å². The normalized spacial score (nSPS) is 18.0. The first kappa shape index (κ1) is 27.7. The third kappa shape index (κ3) is 5.30. The van der Waals surface area contributed by atoms with E-state index in [0.717, 1.165) is 12.1 Å². The number of aryl methyl sites for hydroxylation is 1. The van der Waals surface area contributed by atoms with Gasteiger partial charge in [0.25, 0.3) is 0 Å². The van der Waals surface area contributed by atoms with Crippen molar-refractivity contribution in [2.45, 2.75) is 35.4 Å². The maximum atomic E-state index is 13.8. The average Bonchev–Trinajstić information content (AvgIpc) is 3.71. The molecule has 14 heteroatoms. The van der Waals surface area contributed by atoms with Gasteiger partial charge in [-0.25, -0.2) is 32.6 Å². The van der Waals surface area contributed by atoms with Crippen LogP contribution in [0, 0.1) is 5.82 Å². The zero-order valence-corrected chi connectivity index (χ0v) is 23.8. The molecule has 1 aliphatic carbocycles. The molecule has 1 saturated carbocycles. The van der Waals surface area contributed by atoms with Gasteiger partial charge in [-0.05, 0) is 56.2 Å². The maximum Gasteiger partial charge on any atom is 0.324 e. The van der Waals surface area contributed by atoms with Gasteiger partial charge in [0.15, 0.2) is 15.7 Å². The fourth-order valence-corrected chi connectivity index (χ4v) is 6.96. The Labute approximate surface area is 241 Å². The first-order valence-electron chi connectivity index (χ1n) is 13.4. The molecule has 0 radical (unpaired) electrons. The Morgan fingerprint density at radius 2 is 1.88 bits per heavy atom. The summed E-state index contributed by atoms with van der Waals surface area (Å²) in [4.78, 5) is 28.4. The van der Waals surface area contributed by atoms with Gasteiger partial charge in [-0.15, -0.1) is 0 Å². The molecule has 12 nitrogen and oxygen atoms in total. The van der Waals surface area contributed by atoms with Gasteiger partial charge in [0.1, 0.15) is 22.2 Å². The molecule has 6 rings (SSSR count). The molecule has 2 aliphatic rings. The highest BCUT2D eigenvalue weighted by atomic mass is 32.2. The second-order valence-corrected chi connectivity index (χ2v) is 12.7. The van der Waals surface area contributed by atoms with Crippen molar-refractivity contribution >= 4 is 33.2 Å². The van der Waals surface area contributed by atoms with Crippen LogP contribution in [0.25, 0.3) is 11.4 Å². The predicted molar refractivity (Wildman–Crippen MR) is 153 cm³/mol. The van der Waals surface area contributed by atoms with E-state index in [9.17, 15) is 17.6 Å². The number of aromatic nitrogens is 5. The summed E-state index contributed by atoms with van der Waals surface area (Å²) in [5, 5.41) is 9.36. The number of carbonyl (C=O) groups excluding carboxylic acids is 1. The molecule has 0 unspecified atom stereocenters. The van der Waals surface area contributed by atoms with Gasteiger partial charge < -0.3 is 15.0 Å². The number of benzene rings is 1. The molecule has 218 valence electrons. The second kappa shape index (κ2) is 10.8. The number of morpholine rings is 1. The van der Waals surface area contributed by atoms with Crippen molar-refractivity contribution in [1.29, 1.82) is 0 Å². The van der Waals surface area contributed by atoms with Gasteiger partial charge in [-0.3, -0.25) is 10.00 Å². The maximum absolute atomic E-state index is 13.8. The lowest BCUT2D eigenvalue weighted by Crippen LogP contribution is -2.44. The molecule has 3 aromatic heterocycles. The summed E-state index contributed by atoms with van der Waals surface area (Å²) < 4.78 is 47.2. The number of ether oxygens (including phenoxy) is 1. The van der Waals surface area contributed by atoms with Gasteiger partial charge in [-0.2, -0.15) is 5.10 Å². The predicted octanol–water partition coefficient (Wildman–Crippen LogP) is 3.74. The van der Waals surface area contributed by atoms with E-state index < -0.39 is 26.4 Å². The molecule has 0 bridgehead atoms. The first-order valence-corrected chi connectivity index (χ1v) is 14.9. The number of hydrogen-bond acceptors (Lipinski definition) is 9. The second-order valence-electron chi connectivity index (χ2n) is 10.4. The molecule has 2 amide bonds. The molecule has 4 aromatic rings. The fourth-order valence-electron chi connectivity index (χ4n) is 4.99. The number of carbonyl (C=O) groups is 1. The Hall–Kier alpha value is -4.43. The van der Waals surface area contributed by atoms with E-state index in [4.69, 9.17) is 14.7 Å². The van der Waals surface area contributed by atoms with Gasteiger partial charge in [-0.1, -0.05) is 0 Å². The summed E-state index contributed by atoms with van der Waals surface area (Å²) in [6.07, 6.45) is 5.48. The summed E-state index contributed by atoms with van der Waals surface area (Å²) in [5.41, 5.74) is 1.46. The SMILES string of the molecule is C[C@H]1COCCN1c1cc(C2(S(=O)(=O)c3ccc(F)cc3)CC2)nc(-c2ccc(NC(=O)Nc3cnn(C)c3)nc2)n1.